The molecule has 0 bridgehead atoms. The molecule has 4 heteroatoms. The molecule has 1 saturated heterocycles. The Labute approximate surface area is 82.0 Å². The summed E-state index contributed by atoms with van der Waals surface area (Å²) in [5.74, 6) is 0.788. The zero-order chi connectivity index (χ0) is 9.80. The lowest BCUT2D eigenvalue weighted by Crippen LogP contribution is -2.12. The van der Waals surface area contributed by atoms with Gasteiger partial charge in [0.2, 0.25) is 0 Å². The molecule has 1 aliphatic rings. The number of hydrogen-bond acceptors (Lipinski definition) is 4. The summed E-state index contributed by atoms with van der Waals surface area (Å²) in [4.78, 5) is 15.5. The number of nitrogens with one attached hydrogen (secondary N) is 2. The molecule has 1 fully saturated rings. The van der Waals surface area contributed by atoms with E-state index in [1.165, 1.54) is 0 Å². The zero-order valence-electron chi connectivity index (χ0n) is 7.66. The molecule has 0 aliphatic carbocycles. The fourth-order valence-electron chi connectivity index (χ4n) is 1.29. The minimum atomic E-state index is -0.00991. The van der Waals surface area contributed by atoms with Crippen molar-refractivity contribution in [1.29, 1.82) is 0 Å². The predicted molar refractivity (Wildman–Crippen MR) is 52.7 cm³/mol. The van der Waals surface area contributed by atoms with Gasteiger partial charge in [0.25, 0.3) is 0 Å². The van der Waals surface area contributed by atoms with Gasteiger partial charge in [-0.05, 0) is 12.1 Å². The normalized spacial score (nSPS) is 14.4. The molecule has 2 heterocycles. The average molecular weight is 189 g/mol. The summed E-state index contributed by atoms with van der Waals surface area (Å²) >= 11 is 0. The Bertz CT molecular complexity index is 351. The lowest BCUT2D eigenvalue weighted by molar-refractivity contribution is 0.104. The molecule has 1 aliphatic heterocycles. The van der Waals surface area contributed by atoms with Crippen LogP contribution in [0.15, 0.2) is 36.4 Å². The van der Waals surface area contributed by atoms with Gasteiger partial charge in [0.15, 0.2) is 5.78 Å². The van der Waals surface area contributed by atoms with Crippen LogP contribution in [-0.4, -0.2) is 23.9 Å². The molecule has 72 valence electrons. The van der Waals surface area contributed by atoms with Gasteiger partial charge >= 0.3 is 0 Å². The van der Waals surface area contributed by atoms with E-state index in [2.05, 4.69) is 15.6 Å². The first-order valence-corrected chi connectivity index (χ1v) is 4.50. The van der Waals surface area contributed by atoms with Crippen molar-refractivity contribution in [3.63, 3.8) is 0 Å². The lowest BCUT2D eigenvalue weighted by atomic mass is 10.2. The minimum Gasteiger partial charge on any atom is -0.370 e. The first kappa shape index (κ1) is 8.74. The maximum Gasteiger partial charge on any atom is 0.189 e. The Morgan fingerprint density at radius 3 is 2.57 bits per heavy atom. The van der Waals surface area contributed by atoms with E-state index in [0.29, 0.717) is 5.56 Å². The lowest BCUT2D eigenvalue weighted by Gasteiger charge is -1.98. The van der Waals surface area contributed by atoms with Gasteiger partial charge in [-0.25, -0.2) is 0 Å². The van der Waals surface area contributed by atoms with Crippen molar-refractivity contribution < 1.29 is 4.79 Å². The van der Waals surface area contributed by atoms with Crippen molar-refractivity contribution in [2.45, 2.75) is 0 Å². The van der Waals surface area contributed by atoms with E-state index >= 15 is 0 Å². The molecule has 0 atom stereocenters. The molecule has 2 rings (SSSR count). The van der Waals surface area contributed by atoms with Gasteiger partial charge in [-0.15, -0.1) is 0 Å². The second kappa shape index (κ2) is 3.91. The van der Waals surface area contributed by atoms with E-state index in [-0.39, 0.29) is 5.78 Å². The maximum atomic E-state index is 11.6. The van der Waals surface area contributed by atoms with Crippen LogP contribution in [0.25, 0.3) is 0 Å². The molecule has 0 unspecified atom stereocenters. The Balaban J connectivity index is 2.13. The smallest absolute Gasteiger partial charge is 0.189 e. The molecular formula is C10H11N3O. The van der Waals surface area contributed by atoms with Crippen LogP contribution >= 0.6 is 0 Å². The van der Waals surface area contributed by atoms with Crippen LogP contribution < -0.4 is 10.6 Å². The number of hydrogen-bond donors (Lipinski definition) is 2. The van der Waals surface area contributed by atoms with Crippen molar-refractivity contribution in [2.24, 2.45) is 0 Å². The van der Waals surface area contributed by atoms with Gasteiger partial charge < -0.3 is 10.6 Å². The Morgan fingerprint density at radius 2 is 1.93 bits per heavy atom. The average Bonchev–Trinajstić information content (AvgIpc) is 2.72. The monoisotopic (exact) mass is 189 g/mol. The topological polar surface area (TPSA) is 54.0 Å². The molecule has 14 heavy (non-hydrogen) atoms. The summed E-state index contributed by atoms with van der Waals surface area (Å²) in [6, 6.07) is 3.41. The van der Waals surface area contributed by atoms with Crippen LogP contribution in [0.4, 0.5) is 0 Å². The Kier molecular flexibility index (Phi) is 2.44. The molecule has 0 saturated carbocycles. The summed E-state index contributed by atoms with van der Waals surface area (Å²) in [5.41, 5.74) is 0.656. The molecule has 0 spiro atoms. The number of allylic oxidation sites excluding steroid dienone is 1. The fraction of sp³-hybridized carbons (Fsp3) is 0.200. The minimum absolute atomic E-state index is 0.00991. The zero-order valence-corrected chi connectivity index (χ0v) is 7.66. The standard InChI is InChI=1S/C10H11N3O/c14-9(7-10-12-5-6-13-10)8-1-3-11-4-2-8/h1-4,7,12-13H,5-6H2. The highest BCUT2D eigenvalue weighted by Gasteiger charge is 2.07. The number of pyridine rings is 1. The quantitative estimate of drug-likeness (QED) is 0.519. The molecule has 0 aromatic carbocycles. The van der Waals surface area contributed by atoms with E-state index in [4.69, 9.17) is 0 Å². The molecule has 0 amide bonds. The largest absolute Gasteiger partial charge is 0.370 e. The van der Waals surface area contributed by atoms with E-state index in [0.717, 1.165) is 18.9 Å². The SMILES string of the molecule is O=C(C=C1NCCN1)c1ccncc1. The maximum absolute atomic E-state index is 11.6. The highest BCUT2D eigenvalue weighted by atomic mass is 16.1. The van der Waals surface area contributed by atoms with E-state index in [1.54, 1.807) is 30.6 Å². The summed E-state index contributed by atoms with van der Waals surface area (Å²) in [5, 5.41) is 6.14. The summed E-state index contributed by atoms with van der Waals surface area (Å²) < 4.78 is 0. The van der Waals surface area contributed by atoms with E-state index in [1.807, 2.05) is 0 Å². The van der Waals surface area contributed by atoms with Crippen LogP contribution in [0.5, 0.6) is 0 Å². The number of ketones is 1. The number of aromatic nitrogens is 1. The molecule has 0 radical (unpaired) electrons. The van der Waals surface area contributed by atoms with Crippen molar-refractivity contribution in [3.05, 3.63) is 42.0 Å². The van der Waals surface area contributed by atoms with Gasteiger partial charge in [0.1, 0.15) is 5.82 Å². The fourth-order valence-corrected chi connectivity index (χ4v) is 1.29. The highest BCUT2D eigenvalue weighted by Crippen LogP contribution is 2.01. The second-order valence-electron chi connectivity index (χ2n) is 3.01. The number of carbonyl (C=O) groups excluding carboxylic acids is 1. The van der Waals surface area contributed by atoms with Crippen molar-refractivity contribution >= 4 is 5.78 Å². The number of nitrogens with zero attached hydrogens (tertiary/aromatic N) is 1. The molecule has 1 aromatic rings. The third-order valence-corrected chi connectivity index (χ3v) is 2.00. The van der Waals surface area contributed by atoms with Crippen LogP contribution in [0.1, 0.15) is 10.4 Å². The summed E-state index contributed by atoms with van der Waals surface area (Å²) in [6.07, 6.45) is 4.80. The molecule has 2 N–H and O–H groups in total. The van der Waals surface area contributed by atoms with Gasteiger partial charge in [-0.2, -0.15) is 0 Å². The van der Waals surface area contributed by atoms with E-state index < -0.39 is 0 Å². The Hall–Kier alpha value is -1.84. The van der Waals surface area contributed by atoms with Gasteiger partial charge in [0, 0.05) is 37.1 Å². The first-order valence-electron chi connectivity index (χ1n) is 4.50. The third kappa shape index (κ3) is 1.90. The summed E-state index contributed by atoms with van der Waals surface area (Å²) in [6.45, 7) is 1.74. The highest BCUT2D eigenvalue weighted by molar-refractivity contribution is 6.04. The van der Waals surface area contributed by atoms with Crippen LogP contribution in [0.3, 0.4) is 0 Å². The first-order chi connectivity index (χ1) is 6.86. The van der Waals surface area contributed by atoms with Gasteiger partial charge in [0.05, 0.1) is 0 Å². The number of rotatable bonds is 2. The Morgan fingerprint density at radius 1 is 1.29 bits per heavy atom. The summed E-state index contributed by atoms with van der Waals surface area (Å²) in [7, 11) is 0. The molecule has 1 aromatic heterocycles. The number of carbonyl (C=O) groups is 1. The van der Waals surface area contributed by atoms with Crippen molar-refractivity contribution in [2.75, 3.05) is 13.1 Å². The van der Waals surface area contributed by atoms with Crippen LogP contribution in [0, 0.1) is 0 Å². The van der Waals surface area contributed by atoms with Gasteiger partial charge in [-0.3, -0.25) is 9.78 Å². The van der Waals surface area contributed by atoms with Crippen LogP contribution in [-0.2, 0) is 0 Å². The molecular weight excluding hydrogens is 178 g/mol. The third-order valence-electron chi connectivity index (χ3n) is 2.00. The van der Waals surface area contributed by atoms with Gasteiger partial charge in [-0.1, -0.05) is 0 Å². The van der Waals surface area contributed by atoms with Crippen molar-refractivity contribution in [3.8, 4) is 0 Å². The predicted octanol–water partition coefficient (Wildman–Crippen LogP) is 0.298. The molecule has 4 nitrogen and oxygen atoms in total. The van der Waals surface area contributed by atoms with Crippen molar-refractivity contribution in [1.82, 2.24) is 15.6 Å². The second-order valence-corrected chi connectivity index (χ2v) is 3.01. The van der Waals surface area contributed by atoms with Crippen LogP contribution in [0.2, 0.25) is 0 Å². The van der Waals surface area contributed by atoms with E-state index in [9.17, 15) is 4.79 Å².